The Balaban J connectivity index is 2.71. The Kier molecular flexibility index (Phi) is 3.75. The Morgan fingerprint density at radius 2 is 2.11 bits per heavy atom. The molecule has 0 amide bonds. The molecule has 0 fully saturated rings. The van der Waals surface area contributed by atoms with Crippen LogP contribution in [0.3, 0.4) is 0 Å². The lowest BCUT2D eigenvalue weighted by atomic mass is 10.1. The Labute approximate surface area is 116 Å². The zero-order chi connectivity index (χ0) is 14.0. The summed E-state index contributed by atoms with van der Waals surface area (Å²) in [7, 11) is 1.63. The smallest absolute Gasteiger partial charge is 0.295 e. The highest BCUT2D eigenvalue weighted by Gasteiger charge is 2.20. The zero-order valence-corrected chi connectivity index (χ0v) is 11.4. The van der Waals surface area contributed by atoms with Crippen LogP contribution in [0.15, 0.2) is 34.8 Å². The first-order chi connectivity index (χ1) is 9.02. The van der Waals surface area contributed by atoms with Crippen LogP contribution >= 0.6 is 15.9 Å². The number of nitrogens with zero attached hydrogens (tertiary/aromatic N) is 2. The lowest BCUT2D eigenvalue weighted by Gasteiger charge is -2.07. The summed E-state index contributed by atoms with van der Waals surface area (Å²) in [5.74, 6) is -0.132. The van der Waals surface area contributed by atoms with E-state index >= 15 is 0 Å². The van der Waals surface area contributed by atoms with Crippen LogP contribution in [0.4, 0.5) is 15.9 Å². The summed E-state index contributed by atoms with van der Waals surface area (Å²) in [5, 5.41) is 13.8. The van der Waals surface area contributed by atoms with Crippen molar-refractivity contribution in [1.82, 2.24) is 4.98 Å². The molecule has 1 aromatic heterocycles. The first-order valence-corrected chi connectivity index (χ1v) is 6.11. The van der Waals surface area contributed by atoms with Gasteiger partial charge in [0.25, 0.3) is 5.69 Å². The van der Waals surface area contributed by atoms with Crippen molar-refractivity contribution in [2.75, 3.05) is 12.4 Å². The minimum absolute atomic E-state index is 0.00403. The average Bonchev–Trinajstić information content (AvgIpc) is 2.40. The molecule has 98 valence electrons. The predicted octanol–water partition coefficient (Wildman–Crippen LogP) is 3.60. The monoisotopic (exact) mass is 325 g/mol. The molecule has 2 rings (SSSR count). The molecular weight excluding hydrogens is 317 g/mol. The molecule has 1 heterocycles. The van der Waals surface area contributed by atoms with E-state index in [1.54, 1.807) is 7.05 Å². The molecule has 0 atom stereocenters. The van der Waals surface area contributed by atoms with Crippen LogP contribution in [0.5, 0.6) is 0 Å². The van der Waals surface area contributed by atoms with E-state index in [1.807, 2.05) is 0 Å². The number of halogens is 2. The molecule has 2 aromatic rings. The predicted molar refractivity (Wildman–Crippen MR) is 73.5 cm³/mol. The molecule has 1 N–H and O–H groups in total. The molecule has 0 bridgehead atoms. The van der Waals surface area contributed by atoms with Crippen molar-refractivity contribution in [2.45, 2.75) is 0 Å². The second kappa shape index (κ2) is 5.31. The number of nitro groups is 1. The number of benzene rings is 1. The fraction of sp³-hybridized carbons (Fsp3) is 0.0833. The van der Waals surface area contributed by atoms with Gasteiger partial charge in [0.15, 0.2) is 5.69 Å². The molecule has 7 heteroatoms. The van der Waals surface area contributed by atoms with Crippen molar-refractivity contribution >= 4 is 27.4 Å². The van der Waals surface area contributed by atoms with E-state index in [-0.39, 0.29) is 16.9 Å². The fourth-order valence-electron chi connectivity index (χ4n) is 1.62. The Morgan fingerprint density at radius 3 is 2.74 bits per heavy atom. The summed E-state index contributed by atoms with van der Waals surface area (Å²) in [6.07, 6.45) is 0. The summed E-state index contributed by atoms with van der Waals surface area (Å²) < 4.78 is 14.5. The highest BCUT2D eigenvalue weighted by atomic mass is 79.9. The second-order valence-electron chi connectivity index (χ2n) is 3.70. The minimum Gasteiger partial charge on any atom is -0.373 e. The number of rotatable bonds is 3. The van der Waals surface area contributed by atoms with E-state index in [2.05, 4.69) is 26.2 Å². The van der Waals surface area contributed by atoms with Crippen molar-refractivity contribution in [3.8, 4) is 11.3 Å². The van der Waals surface area contributed by atoms with E-state index in [0.717, 1.165) is 0 Å². The topological polar surface area (TPSA) is 68.1 Å². The maximum Gasteiger partial charge on any atom is 0.295 e. The van der Waals surface area contributed by atoms with Crippen LogP contribution in [-0.4, -0.2) is 17.0 Å². The van der Waals surface area contributed by atoms with Crippen molar-refractivity contribution in [1.29, 1.82) is 0 Å². The molecule has 19 heavy (non-hydrogen) atoms. The standard InChI is InChI=1S/C12H9BrFN3O2/c1-15-11-5-4-10(17(18)19)12(16-11)8-6-7(13)2-3-9(8)14/h2-6H,1H3,(H,15,16). The van der Waals surface area contributed by atoms with E-state index in [4.69, 9.17) is 0 Å². The normalized spacial score (nSPS) is 10.3. The number of hydrogen-bond acceptors (Lipinski definition) is 4. The molecule has 0 aliphatic rings. The number of hydrogen-bond donors (Lipinski definition) is 1. The van der Waals surface area contributed by atoms with E-state index in [1.165, 1.54) is 30.3 Å². The highest BCUT2D eigenvalue weighted by Crippen LogP contribution is 2.32. The first-order valence-electron chi connectivity index (χ1n) is 5.31. The van der Waals surface area contributed by atoms with Crippen LogP contribution in [-0.2, 0) is 0 Å². The Morgan fingerprint density at radius 1 is 1.37 bits per heavy atom. The maximum absolute atomic E-state index is 13.8. The Bertz CT molecular complexity index is 649. The molecule has 0 saturated heterocycles. The number of anilines is 1. The van der Waals surface area contributed by atoms with Crippen LogP contribution in [0.25, 0.3) is 11.3 Å². The van der Waals surface area contributed by atoms with E-state index < -0.39 is 10.7 Å². The molecule has 0 unspecified atom stereocenters. The summed E-state index contributed by atoms with van der Waals surface area (Å²) in [4.78, 5) is 14.5. The van der Waals surface area contributed by atoms with Gasteiger partial charge >= 0.3 is 0 Å². The Hall–Kier alpha value is -2.02. The average molecular weight is 326 g/mol. The van der Waals surface area contributed by atoms with Crippen molar-refractivity contribution in [3.63, 3.8) is 0 Å². The zero-order valence-electron chi connectivity index (χ0n) is 9.85. The molecule has 0 spiro atoms. The van der Waals surface area contributed by atoms with Gasteiger partial charge in [0.1, 0.15) is 11.6 Å². The molecule has 1 aromatic carbocycles. The van der Waals surface area contributed by atoms with Crippen molar-refractivity contribution in [3.05, 3.63) is 50.7 Å². The van der Waals surface area contributed by atoms with Crippen LogP contribution in [0.1, 0.15) is 0 Å². The molecule has 0 radical (unpaired) electrons. The summed E-state index contributed by atoms with van der Waals surface area (Å²) in [6.45, 7) is 0. The summed E-state index contributed by atoms with van der Waals surface area (Å²) in [5.41, 5.74) is -0.162. The number of nitrogens with one attached hydrogen (secondary N) is 1. The van der Waals surface area contributed by atoms with Crippen molar-refractivity contribution < 1.29 is 9.31 Å². The first kappa shape index (κ1) is 13.4. The van der Waals surface area contributed by atoms with Gasteiger partial charge in [-0.1, -0.05) is 15.9 Å². The molecule has 5 nitrogen and oxygen atoms in total. The molecule has 0 aliphatic heterocycles. The second-order valence-corrected chi connectivity index (χ2v) is 4.61. The highest BCUT2D eigenvalue weighted by molar-refractivity contribution is 9.10. The number of aromatic nitrogens is 1. The van der Waals surface area contributed by atoms with E-state index in [9.17, 15) is 14.5 Å². The quantitative estimate of drug-likeness (QED) is 0.691. The third kappa shape index (κ3) is 2.70. The SMILES string of the molecule is CNc1ccc([N+](=O)[O-])c(-c2cc(Br)ccc2F)n1. The molecule has 0 saturated carbocycles. The van der Waals surface area contributed by atoms with Gasteiger partial charge in [0.05, 0.1) is 4.92 Å². The lowest BCUT2D eigenvalue weighted by Crippen LogP contribution is -2.00. The molecular formula is C12H9BrFN3O2. The molecule has 0 aliphatic carbocycles. The van der Waals surface area contributed by atoms with Crippen LogP contribution < -0.4 is 5.32 Å². The van der Waals surface area contributed by atoms with Gasteiger partial charge in [-0.25, -0.2) is 9.37 Å². The maximum atomic E-state index is 13.8. The van der Waals surface area contributed by atoms with Crippen molar-refractivity contribution in [2.24, 2.45) is 0 Å². The summed E-state index contributed by atoms with van der Waals surface area (Å²) in [6, 6.07) is 6.99. The lowest BCUT2D eigenvalue weighted by molar-refractivity contribution is -0.384. The van der Waals surface area contributed by atoms with Gasteiger partial charge in [0.2, 0.25) is 0 Å². The van der Waals surface area contributed by atoms with Gasteiger partial charge in [-0.05, 0) is 24.3 Å². The number of pyridine rings is 1. The van der Waals surface area contributed by atoms with Gasteiger partial charge in [-0.3, -0.25) is 10.1 Å². The third-order valence-corrected chi connectivity index (χ3v) is 3.00. The van der Waals surface area contributed by atoms with Gasteiger partial charge in [0, 0.05) is 23.2 Å². The van der Waals surface area contributed by atoms with Gasteiger partial charge in [-0.15, -0.1) is 0 Å². The van der Waals surface area contributed by atoms with Gasteiger partial charge in [-0.2, -0.15) is 0 Å². The van der Waals surface area contributed by atoms with E-state index in [0.29, 0.717) is 10.3 Å². The summed E-state index contributed by atoms with van der Waals surface area (Å²) >= 11 is 3.21. The fourth-order valence-corrected chi connectivity index (χ4v) is 1.98. The van der Waals surface area contributed by atoms with Gasteiger partial charge < -0.3 is 5.32 Å². The van der Waals surface area contributed by atoms with Crippen LogP contribution in [0, 0.1) is 15.9 Å². The third-order valence-electron chi connectivity index (χ3n) is 2.51. The minimum atomic E-state index is -0.581. The van der Waals surface area contributed by atoms with Crippen LogP contribution in [0.2, 0.25) is 0 Å². The largest absolute Gasteiger partial charge is 0.373 e.